The summed E-state index contributed by atoms with van der Waals surface area (Å²) in [5.41, 5.74) is 0.585. The van der Waals surface area contributed by atoms with Crippen molar-refractivity contribution in [1.82, 2.24) is 14.8 Å². The zero-order valence-corrected chi connectivity index (χ0v) is 17.4. The molecular weight excluding hydrogens is 386 g/mol. The highest BCUT2D eigenvalue weighted by Crippen LogP contribution is 2.31. The van der Waals surface area contributed by atoms with Gasteiger partial charge < -0.3 is 14.5 Å². The van der Waals surface area contributed by atoms with Gasteiger partial charge in [-0.05, 0) is 44.2 Å². The number of ether oxygens (including phenoxy) is 1. The number of amides is 2. The number of para-hydroxylation sites is 1. The van der Waals surface area contributed by atoms with Crippen molar-refractivity contribution < 1.29 is 14.3 Å². The number of likely N-dealkylation sites (tertiary alicyclic amines) is 2. The third-order valence-electron chi connectivity index (χ3n) is 5.69. The smallest absolute Gasteiger partial charge is 0.273 e. The zero-order chi connectivity index (χ0) is 20.1. The molecule has 0 bridgehead atoms. The van der Waals surface area contributed by atoms with E-state index < -0.39 is 0 Å². The molecule has 0 saturated carbocycles. The van der Waals surface area contributed by atoms with Crippen LogP contribution in [0.3, 0.4) is 0 Å². The molecule has 4 rings (SSSR count). The standard InChI is InChI=1S/C22H27N3O3S/c26-20(15-28-18-7-3-1-4-8-18)24-13-9-17(10-14-24)21-23-19(16-29-21)22(27)25-11-5-2-6-12-25/h1,3-4,7-8,16-17H,2,5-6,9-15H2. The number of piperidine rings is 2. The highest BCUT2D eigenvalue weighted by Gasteiger charge is 2.27. The number of rotatable bonds is 5. The monoisotopic (exact) mass is 413 g/mol. The maximum absolute atomic E-state index is 12.6. The molecular formula is C22H27N3O3S. The molecule has 0 radical (unpaired) electrons. The lowest BCUT2D eigenvalue weighted by atomic mass is 9.97. The van der Waals surface area contributed by atoms with E-state index >= 15 is 0 Å². The average molecular weight is 414 g/mol. The SMILES string of the molecule is O=C(COc1ccccc1)N1CCC(c2nc(C(=O)N3CCCCC3)cs2)CC1. The zero-order valence-electron chi connectivity index (χ0n) is 16.6. The maximum atomic E-state index is 12.6. The fourth-order valence-corrected chi connectivity index (χ4v) is 4.93. The number of aromatic nitrogens is 1. The summed E-state index contributed by atoms with van der Waals surface area (Å²) in [5.74, 6) is 1.12. The lowest BCUT2D eigenvalue weighted by Crippen LogP contribution is -2.40. The molecule has 2 fully saturated rings. The summed E-state index contributed by atoms with van der Waals surface area (Å²) in [6, 6.07) is 9.41. The van der Waals surface area contributed by atoms with Crippen LogP contribution < -0.4 is 4.74 Å². The largest absolute Gasteiger partial charge is 0.484 e. The van der Waals surface area contributed by atoms with E-state index in [9.17, 15) is 9.59 Å². The van der Waals surface area contributed by atoms with E-state index in [1.54, 1.807) is 11.3 Å². The van der Waals surface area contributed by atoms with Gasteiger partial charge in [0.25, 0.3) is 11.8 Å². The van der Waals surface area contributed by atoms with Gasteiger partial charge in [0, 0.05) is 37.5 Å². The Kier molecular flexibility index (Phi) is 6.44. The van der Waals surface area contributed by atoms with Gasteiger partial charge in [-0.25, -0.2) is 4.98 Å². The Balaban J connectivity index is 1.26. The normalized spacial score (nSPS) is 17.9. The highest BCUT2D eigenvalue weighted by atomic mass is 32.1. The summed E-state index contributed by atoms with van der Waals surface area (Å²) < 4.78 is 5.58. The fraction of sp³-hybridized carbons (Fsp3) is 0.500. The van der Waals surface area contributed by atoms with Gasteiger partial charge in [-0.1, -0.05) is 18.2 Å². The van der Waals surface area contributed by atoms with Crippen molar-refractivity contribution in [2.45, 2.75) is 38.0 Å². The van der Waals surface area contributed by atoms with Crippen molar-refractivity contribution in [3.05, 3.63) is 46.4 Å². The first-order valence-electron chi connectivity index (χ1n) is 10.4. The molecule has 2 saturated heterocycles. The lowest BCUT2D eigenvalue weighted by molar-refractivity contribution is -0.134. The number of hydrogen-bond acceptors (Lipinski definition) is 5. The molecule has 2 aliphatic heterocycles. The molecule has 0 atom stereocenters. The topological polar surface area (TPSA) is 62.7 Å². The third-order valence-corrected chi connectivity index (χ3v) is 6.69. The molecule has 29 heavy (non-hydrogen) atoms. The van der Waals surface area contributed by atoms with Gasteiger partial charge in [0.1, 0.15) is 11.4 Å². The van der Waals surface area contributed by atoms with Gasteiger partial charge in [-0.15, -0.1) is 11.3 Å². The van der Waals surface area contributed by atoms with E-state index in [1.165, 1.54) is 6.42 Å². The molecule has 0 spiro atoms. The second-order valence-corrected chi connectivity index (χ2v) is 8.57. The highest BCUT2D eigenvalue weighted by molar-refractivity contribution is 7.09. The Labute approximate surface area is 175 Å². The molecule has 1 aromatic carbocycles. The van der Waals surface area contributed by atoms with Gasteiger partial charge in [0.05, 0.1) is 5.01 Å². The molecule has 0 aliphatic carbocycles. The van der Waals surface area contributed by atoms with Crippen LogP contribution in [0.4, 0.5) is 0 Å². The summed E-state index contributed by atoms with van der Waals surface area (Å²) in [7, 11) is 0. The Morgan fingerprint density at radius 3 is 2.45 bits per heavy atom. The summed E-state index contributed by atoms with van der Waals surface area (Å²) in [6.45, 7) is 3.17. The first-order chi connectivity index (χ1) is 14.2. The van der Waals surface area contributed by atoms with Crippen LogP contribution in [0.25, 0.3) is 0 Å². The van der Waals surface area contributed by atoms with E-state index in [1.807, 2.05) is 45.5 Å². The second kappa shape index (κ2) is 9.39. The van der Waals surface area contributed by atoms with Crippen molar-refractivity contribution in [3.63, 3.8) is 0 Å². The number of benzene rings is 1. The fourth-order valence-electron chi connectivity index (χ4n) is 3.96. The van der Waals surface area contributed by atoms with Gasteiger partial charge in [0.15, 0.2) is 6.61 Å². The van der Waals surface area contributed by atoms with Crippen molar-refractivity contribution >= 4 is 23.2 Å². The maximum Gasteiger partial charge on any atom is 0.273 e. The van der Waals surface area contributed by atoms with Crippen molar-refractivity contribution in [2.24, 2.45) is 0 Å². The van der Waals surface area contributed by atoms with Crippen LogP contribution in [-0.2, 0) is 4.79 Å². The molecule has 1 aromatic heterocycles. The Morgan fingerprint density at radius 2 is 1.72 bits per heavy atom. The summed E-state index contributed by atoms with van der Waals surface area (Å²) in [4.78, 5) is 33.5. The van der Waals surface area contributed by atoms with E-state index in [0.29, 0.717) is 30.5 Å². The van der Waals surface area contributed by atoms with Crippen LogP contribution >= 0.6 is 11.3 Å². The molecule has 2 aliphatic rings. The van der Waals surface area contributed by atoms with Crippen LogP contribution in [0.15, 0.2) is 35.7 Å². The minimum Gasteiger partial charge on any atom is -0.484 e. The first kappa shape index (κ1) is 19.9. The minimum absolute atomic E-state index is 0.0207. The van der Waals surface area contributed by atoms with Gasteiger partial charge >= 0.3 is 0 Å². The molecule has 154 valence electrons. The number of carbonyl (C=O) groups is 2. The molecule has 3 heterocycles. The summed E-state index contributed by atoms with van der Waals surface area (Å²) in [6.07, 6.45) is 5.13. The van der Waals surface area contributed by atoms with Gasteiger partial charge in [0.2, 0.25) is 0 Å². The van der Waals surface area contributed by atoms with Crippen molar-refractivity contribution in [1.29, 1.82) is 0 Å². The van der Waals surface area contributed by atoms with Crippen LogP contribution in [0.1, 0.15) is 53.5 Å². The first-order valence-corrected chi connectivity index (χ1v) is 11.3. The molecule has 2 aromatic rings. The van der Waals surface area contributed by atoms with Crippen LogP contribution in [0.5, 0.6) is 5.75 Å². The average Bonchev–Trinajstić information content (AvgIpc) is 3.29. The minimum atomic E-state index is 0.0207. The number of thiazole rings is 1. The quantitative estimate of drug-likeness (QED) is 0.752. The molecule has 6 nitrogen and oxygen atoms in total. The van der Waals surface area contributed by atoms with E-state index in [2.05, 4.69) is 4.98 Å². The predicted octanol–water partition coefficient (Wildman–Crippen LogP) is 3.55. The molecule has 7 heteroatoms. The van der Waals surface area contributed by atoms with Crippen LogP contribution in [0.2, 0.25) is 0 Å². The molecule has 0 N–H and O–H groups in total. The van der Waals surface area contributed by atoms with Crippen LogP contribution in [0, 0.1) is 0 Å². The number of nitrogens with zero attached hydrogens (tertiary/aromatic N) is 3. The van der Waals surface area contributed by atoms with E-state index in [4.69, 9.17) is 4.74 Å². The molecule has 2 amide bonds. The molecule has 0 unspecified atom stereocenters. The predicted molar refractivity (Wildman–Crippen MR) is 112 cm³/mol. The van der Waals surface area contributed by atoms with E-state index in [0.717, 1.165) is 43.8 Å². The van der Waals surface area contributed by atoms with Crippen LogP contribution in [-0.4, -0.2) is 59.4 Å². The summed E-state index contributed by atoms with van der Waals surface area (Å²) >= 11 is 1.58. The van der Waals surface area contributed by atoms with Crippen molar-refractivity contribution in [3.8, 4) is 5.75 Å². The van der Waals surface area contributed by atoms with Crippen molar-refractivity contribution in [2.75, 3.05) is 32.8 Å². The van der Waals surface area contributed by atoms with E-state index in [-0.39, 0.29) is 18.4 Å². The lowest BCUT2D eigenvalue weighted by Gasteiger charge is -2.31. The summed E-state index contributed by atoms with van der Waals surface area (Å²) in [5, 5.41) is 2.93. The Morgan fingerprint density at radius 1 is 1.00 bits per heavy atom. The number of hydrogen-bond donors (Lipinski definition) is 0. The second-order valence-electron chi connectivity index (χ2n) is 7.68. The number of carbonyl (C=O) groups excluding carboxylic acids is 2. The Bertz CT molecular complexity index is 825. The Hall–Kier alpha value is -2.41. The van der Waals surface area contributed by atoms with Gasteiger partial charge in [-0.2, -0.15) is 0 Å². The van der Waals surface area contributed by atoms with Gasteiger partial charge in [-0.3, -0.25) is 9.59 Å². The third kappa shape index (κ3) is 4.96.